The number of hydrogen-bond donors (Lipinski definition) is 1. The fraction of sp³-hybridized carbons (Fsp3) is 0.462. The van der Waals surface area contributed by atoms with Gasteiger partial charge in [0, 0.05) is 25.3 Å². The highest BCUT2D eigenvalue weighted by Crippen LogP contribution is 2.35. The molecule has 0 saturated carbocycles. The van der Waals surface area contributed by atoms with Gasteiger partial charge in [0.1, 0.15) is 0 Å². The minimum atomic E-state index is -0.461. The van der Waals surface area contributed by atoms with Gasteiger partial charge in [-0.2, -0.15) is 0 Å². The molecule has 2 rings (SSSR count). The van der Waals surface area contributed by atoms with Crippen molar-refractivity contribution in [3.05, 3.63) is 34.9 Å². The lowest BCUT2D eigenvalue weighted by Gasteiger charge is -2.35. The molecule has 1 N–H and O–H groups in total. The summed E-state index contributed by atoms with van der Waals surface area (Å²) in [6.45, 7) is 1.24. The van der Waals surface area contributed by atoms with Crippen LogP contribution < -0.4 is 5.32 Å². The highest BCUT2D eigenvalue weighted by molar-refractivity contribution is 6.30. The van der Waals surface area contributed by atoms with Gasteiger partial charge >= 0.3 is 0 Å². The molecule has 0 unspecified atom stereocenters. The van der Waals surface area contributed by atoms with Crippen LogP contribution in [0.3, 0.4) is 0 Å². The first-order valence-corrected chi connectivity index (χ1v) is 6.13. The van der Waals surface area contributed by atoms with Crippen molar-refractivity contribution in [3.8, 4) is 0 Å². The molecule has 0 bridgehead atoms. The van der Waals surface area contributed by atoms with E-state index < -0.39 is 5.41 Å². The van der Waals surface area contributed by atoms with E-state index in [4.69, 9.17) is 16.3 Å². The van der Waals surface area contributed by atoms with E-state index in [9.17, 15) is 4.79 Å². The number of hydrogen-bond acceptors (Lipinski definition) is 2. The molecule has 92 valence electrons. The summed E-state index contributed by atoms with van der Waals surface area (Å²) in [6.07, 6.45) is 1.43. The van der Waals surface area contributed by atoms with Crippen LogP contribution in [-0.4, -0.2) is 26.2 Å². The van der Waals surface area contributed by atoms with E-state index in [1.165, 1.54) is 0 Å². The van der Waals surface area contributed by atoms with Gasteiger partial charge in [-0.1, -0.05) is 23.7 Å². The number of likely N-dealkylation sites (N-methyl/N-ethyl adjacent to an activating group) is 1. The minimum absolute atomic E-state index is 0.0584. The Morgan fingerprint density at radius 2 is 1.88 bits per heavy atom. The number of amides is 1. The molecule has 1 aromatic rings. The second kappa shape index (κ2) is 5.07. The lowest BCUT2D eigenvalue weighted by molar-refractivity contribution is -0.129. The third-order valence-corrected chi connectivity index (χ3v) is 3.66. The molecule has 1 fully saturated rings. The fourth-order valence-corrected chi connectivity index (χ4v) is 2.50. The van der Waals surface area contributed by atoms with Crippen LogP contribution in [0.15, 0.2) is 24.3 Å². The van der Waals surface area contributed by atoms with E-state index in [0.717, 1.165) is 5.56 Å². The van der Waals surface area contributed by atoms with E-state index in [0.29, 0.717) is 31.1 Å². The lowest BCUT2D eigenvalue weighted by Crippen LogP contribution is -2.46. The van der Waals surface area contributed by atoms with Crippen molar-refractivity contribution in [2.45, 2.75) is 18.3 Å². The maximum absolute atomic E-state index is 12.2. The zero-order valence-corrected chi connectivity index (χ0v) is 10.6. The van der Waals surface area contributed by atoms with Crippen LogP contribution in [0, 0.1) is 0 Å². The molecule has 1 aromatic carbocycles. The van der Waals surface area contributed by atoms with Crippen molar-refractivity contribution in [3.63, 3.8) is 0 Å². The summed E-state index contributed by atoms with van der Waals surface area (Å²) in [5.74, 6) is 0.0584. The van der Waals surface area contributed by atoms with Gasteiger partial charge in [-0.3, -0.25) is 4.79 Å². The lowest BCUT2D eigenvalue weighted by atomic mass is 9.73. The van der Waals surface area contributed by atoms with Crippen LogP contribution in [0.4, 0.5) is 0 Å². The first-order valence-electron chi connectivity index (χ1n) is 5.75. The van der Waals surface area contributed by atoms with E-state index in [1.54, 1.807) is 7.05 Å². The minimum Gasteiger partial charge on any atom is -0.381 e. The second-order valence-electron chi connectivity index (χ2n) is 4.28. The van der Waals surface area contributed by atoms with Gasteiger partial charge in [-0.25, -0.2) is 0 Å². The van der Waals surface area contributed by atoms with Crippen molar-refractivity contribution in [2.75, 3.05) is 20.3 Å². The van der Waals surface area contributed by atoms with Crippen LogP contribution in [0.5, 0.6) is 0 Å². The SMILES string of the molecule is CNC(=O)C1(c2ccc(Cl)cc2)CCOCC1. The van der Waals surface area contributed by atoms with Crippen molar-refractivity contribution >= 4 is 17.5 Å². The number of carbonyl (C=O) groups excluding carboxylic acids is 1. The Morgan fingerprint density at radius 3 is 2.41 bits per heavy atom. The number of rotatable bonds is 2. The molecule has 1 aliphatic heterocycles. The largest absolute Gasteiger partial charge is 0.381 e. The van der Waals surface area contributed by atoms with Gasteiger partial charge in [-0.05, 0) is 30.5 Å². The topological polar surface area (TPSA) is 38.3 Å². The van der Waals surface area contributed by atoms with Crippen molar-refractivity contribution < 1.29 is 9.53 Å². The summed E-state index contributed by atoms with van der Waals surface area (Å²) in [5.41, 5.74) is 0.557. The van der Waals surface area contributed by atoms with Gasteiger partial charge < -0.3 is 10.1 Å². The maximum atomic E-state index is 12.2. The molecular weight excluding hydrogens is 238 g/mol. The third-order valence-electron chi connectivity index (χ3n) is 3.40. The number of nitrogens with one attached hydrogen (secondary N) is 1. The highest BCUT2D eigenvalue weighted by Gasteiger charge is 2.40. The van der Waals surface area contributed by atoms with Crippen LogP contribution >= 0.6 is 11.6 Å². The predicted molar refractivity (Wildman–Crippen MR) is 67.2 cm³/mol. The molecule has 0 radical (unpaired) electrons. The monoisotopic (exact) mass is 253 g/mol. The molecular formula is C13H16ClNO2. The molecule has 0 aliphatic carbocycles. The van der Waals surface area contributed by atoms with E-state index in [1.807, 2.05) is 24.3 Å². The summed E-state index contributed by atoms with van der Waals surface area (Å²) < 4.78 is 5.36. The molecule has 1 aliphatic rings. The van der Waals surface area contributed by atoms with Crippen molar-refractivity contribution in [1.82, 2.24) is 5.32 Å². The standard InChI is InChI=1S/C13H16ClNO2/c1-15-12(16)13(6-8-17-9-7-13)10-2-4-11(14)5-3-10/h2-5H,6-9H2,1H3,(H,15,16). The van der Waals surface area contributed by atoms with E-state index in [-0.39, 0.29) is 5.91 Å². The Bertz CT molecular complexity index is 396. The average molecular weight is 254 g/mol. The number of carbonyl (C=O) groups is 1. The molecule has 1 heterocycles. The molecule has 3 nitrogen and oxygen atoms in total. The second-order valence-corrected chi connectivity index (χ2v) is 4.72. The maximum Gasteiger partial charge on any atom is 0.230 e. The molecule has 17 heavy (non-hydrogen) atoms. The summed E-state index contributed by atoms with van der Waals surface area (Å²) in [4.78, 5) is 12.2. The zero-order valence-electron chi connectivity index (χ0n) is 9.83. The highest BCUT2D eigenvalue weighted by atomic mass is 35.5. The Balaban J connectivity index is 2.38. The van der Waals surface area contributed by atoms with Crippen LogP contribution in [0.25, 0.3) is 0 Å². The number of ether oxygens (including phenoxy) is 1. The Morgan fingerprint density at radius 1 is 1.29 bits per heavy atom. The summed E-state index contributed by atoms with van der Waals surface area (Å²) in [5, 5.41) is 3.45. The van der Waals surface area contributed by atoms with Crippen LogP contribution in [-0.2, 0) is 14.9 Å². The van der Waals surface area contributed by atoms with Crippen molar-refractivity contribution in [2.24, 2.45) is 0 Å². The van der Waals surface area contributed by atoms with Crippen LogP contribution in [0.1, 0.15) is 18.4 Å². The van der Waals surface area contributed by atoms with E-state index >= 15 is 0 Å². The Labute approximate surface area is 106 Å². The summed E-state index contributed by atoms with van der Waals surface area (Å²) >= 11 is 5.88. The van der Waals surface area contributed by atoms with E-state index in [2.05, 4.69) is 5.32 Å². The molecule has 1 saturated heterocycles. The average Bonchev–Trinajstić information content (AvgIpc) is 2.39. The zero-order chi connectivity index (χ0) is 12.3. The fourth-order valence-electron chi connectivity index (χ4n) is 2.37. The first-order chi connectivity index (χ1) is 8.19. The van der Waals surface area contributed by atoms with Gasteiger partial charge in [0.25, 0.3) is 0 Å². The Hall–Kier alpha value is -1.06. The van der Waals surface area contributed by atoms with Gasteiger partial charge in [0.15, 0.2) is 0 Å². The normalized spacial score (nSPS) is 18.7. The quantitative estimate of drug-likeness (QED) is 0.877. The molecule has 0 atom stereocenters. The molecule has 4 heteroatoms. The van der Waals surface area contributed by atoms with Gasteiger partial charge in [-0.15, -0.1) is 0 Å². The summed E-state index contributed by atoms with van der Waals surface area (Å²) in [7, 11) is 1.68. The van der Waals surface area contributed by atoms with Crippen molar-refractivity contribution in [1.29, 1.82) is 0 Å². The van der Waals surface area contributed by atoms with Gasteiger partial charge in [0.2, 0.25) is 5.91 Å². The smallest absolute Gasteiger partial charge is 0.230 e. The molecule has 1 amide bonds. The first kappa shape index (κ1) is 12.4. The number of benzene rings is 1. The third kappa shape index (κ3) is 2.31. The number of halogens is 1. The Kier molecular flexibility index (Phi) is 3.69. The predicted octanol–water partition coefficient (Wildman–Crippen LogP) is 2.13. The summed E-state index contributed by atoms with van der Waals surface area (Å²) in [6, 6.07) is 7.53. The molecule has 0 aromatic heterocycles. The molecule has 0 spiro atoms. The van der Waals surface area contributed by atoms with Gasteiger partial charge in [0.05, 0.1) is 5.41 Å². The van der Waals surface area contributed by atoms with Crippen LogP contribution in [0.2, 0.25) is 5.02 Å².